The number of anilines is 2. The molecule has 29 heavy (non-hydrogen) atoms. The number of urea groups is 1. The molecule has 1 aliphatic rings. The summed E-state index contributed by atoms with van der Waals surface area (Å²) in [5.74, 6) is -0.861. The van der Waals surface area contributed by atoms with E-state index in [1.54, 1.807) is 13.0 Å². The maximum Gasteiger partial charge on any atom is 0.332 e. The highest BCUT2D eigenvalue weighted by Crippen LogP contribution is 2.44. The lowest BCUT2D eigenvalue weighted by Crippen LogP contribution is -2.48. The molecule has 1 aliphatic heterocycles. The molecule has 1 fully saturated rings. The van der Waals surface area contributed by atoms with Gasteiger partial charge in [0.25, 0.3) is 0 Å². The Bertz CT molecular complexity index is 1050. The summed E-state index contributed by atoms with van der Waals surface area (Å²) in [5.41, 5.74) is 0.564. The van der Waals surface area contributed by atoms with Crippen LogP contribution < -0.4 is 9.80 Å². The van der Waals surface area contributed by atoms with Crippen LogP contribution in [0.2, 0.25) is 0 Å². The standard InChI is InChI=1S/C23H20F2N2O2/c1-15-4-3-5-17(14-15)23(29)16(2)26(20-10-6-18(24)7-11-20)22(28)27(23)21-12-8-19(25)9-13-21/h3-14,16,29H,1-2H3/t16-,23?/m0/s1. The Morgan fingerprint density at radius 2 is 1.45 bits per heavy atom. The third kappa shape index (κ3) is 3.06. The van der Waals surface area contributed by atoms with E-state index in [2.05, 4.69) is 0 Å². The lowest BCUT2D eigenvalue weighted by atomic mass is 9.93. The Balaban J connectivity index is 1.90. The summed E-state index contributed by atoms with van der Waals surface area (Å²) >= 11 is 0. The van der Waals surface area contributed by atoms with Gasteiger partial charge in [-0.3, -0.25) is 9.80 Å². The number of hydrogen-bond donors (Lipinski definition) is 1. The van der Waals surface area contributed by atoms with Gasteiger partial charge < -0.3 is 5.11 Å². The minimum atomic E-state index is -1.71. The lowest BCUT2D eigenvalue weighted by Gasteiger charge is -2.35. The van der Waals surface area contributed by atoms with Crippen molar-refractivity contribution in [1.29, 1.82) is 0 Å². The van der Waals surface area contributed by atoms with Gasteiger partial charge in [0.05, 0.1) is 6.04 Å². The van der Waals surface area contributed by atoms with Gasteiger partial charge in [-0.05, 0) is 62.4 Å². The van der Waals surface area contributed by atoms with E-state index in [0.29, 0.717) is 16.9 Å². The van der Waals surface area contributed by atoms with Crippen molar-refractivity contribution >= 4 is 17.4 Å². The molecule has 3 aromatic rings. The zero-order valence-corrected chi connectivity index (χ0v) is 16.0. The minimum Gasteiger partial charge on any atom is -0.365 e. The van der Waals surface area contributed by atoms with E-state index in [9.17, 15) is 18.7 Å². The van der Waals surface area contributed by atoms with Crippen LogP contribution in [0.5, 0.6) is 0 Å². The largest absolute Gasteiger partial charge is 0.365 e. The molecule has 4 rings (SSSR count). The Kier molecular flexibility index (Phi) is 4.59. The summed E-state index contributed by atoms with van der Waals surface area (Å²) in [6.45, 7) is 3.63. The number of carbonyl (C=O) groups excluding carboxylic acids is 1. The smallest absolute Gasteiger partial charge is 0.332 e. The van der Waals surface area contributed by atoms with Gasteiger partial charge in [0.1, 0.15) is 11.6 Å². The van der Waals surface area contributed by atoms with Gasteiger partial charge in [-0.2, -0.15) is 0 Å². The molecule has 0 aromatic heterocycles. The Morgan fingerprint density at radius 1 is 0.897 bits per heavy atom. The van der Waals surface area contributed by atoms with Crippen LogP contribution in [-0.4, -0.2) is 17.2 Å². The first kappa shape index (κ1) is 19.1. The highest BCUT2D eigenvalue weighted by atomic mass is 19.1. The molecule has 1 saturated heterocycles. The number of carbonyl (C=O) groups is 1. The molecule has 4 nitrogen and oxygen atoms in total. The third-order valence-corrected chi connectivity index (χ3v) is 5.34. The van der Waals surface area contributed by atoms with Gasteiger partial charge in [-0.15, -0.1) is 0 Å². The molecule has 3 aromatic carbocycles. The second-order valence-electron chi connectivity index (χ2n) is 7.21. The SMILES string of the molecule is Cc1cccc(C2(O)[C@H](C)N(c3ccc(F)cc3)C(=O)N2c2ccc(F)cc2)c1. The van der Waals surface area contributed by atoms with Crippen LogP contribution in [-0.2, 0) is 5.72 Å². The molecule has 6 heteroatoms. The number of halogens is 2. The Hall–Kier alpha value is -3.25. The van der Waals surface area contributed by atoms with Crippen molar-refractivity contribution in [2.24, 2.45) is 0 Å². The molecule has 0 aliphatic carbocycles. The lowest BCUT2D eigenvalue weighted by molar-refractivity contribution is 0.0371. The fourth-order valence-corrected chi connectivity index (χ4v) is 3.86. The van der Waals surface area contributed by atoms with Gasteiger partial charge in [0.15, 0.2) is 5.72 Å². The molecule has 1 unspecified atom stereocenters. The number of rotatable bonds is 3. The fourth-order valence-electron chi connectivity index (χ4n) is 3.86. The highest BCUT2D eigenvalue weighted by molar-refractivity contribution is 6.08. The monoisotopic (exact) mass is 394 g/mol. The number of aryl methyl sites for hydroxylation is 1. The number of amides is 2. The molecular weight excluding hydrogens is 374 g/mol. The van der Waals surface area contributed by atoms with Crippen LogP contribution in [0.15, 0.2) is 72.8 Å². The molecule has 0 bridgehead atoms. The van der Waals surface area contributed by atoms with Crippen LogP contribution in [0.1, 0.15) is 18.1 Å². The molecule has 2 atom stereocenters. The van der Waals surface area contributed by atoms with Crippen molar-refractivity contribution in [2.45, 2.75) is 25.6 Å². The molecule has 0 spiro atoms. The fraction of sp³-hybridized carbons (Fsp3) is 0.174. The van der Waals surface area contributed by atoms with Crippen molar-refractivity contribution in [3.05, 3.63) is 95.6 Å². The topological polar surface area (TPSA) is 43.8 Å². The Labute approximate surface area is 167 Å². The molecule has 1 heterocycles. The van der Waals surface area contributed by atoms with E-state index in [1.807, 2.05) is 25.1 Å². The number of aliphatic hydroxyl groups is 1. The first-order valence-corrected chi connectivity index (χ1v) is 9.26. The number of hydrogen-bond acceptors (Lipinski definition) is 2. The molecule has 0 radical (unpaired) electrons. The minimum absolute atomic E-state index is 0.358. The van der Waals surface area contributed by atoms with Gasteiger partial charge in [-0.25, -0.2) is 13.6 Å². The van der Waals surface area contributed by atoms with E-state index in [0.717, 1.165) is 5.56 Å². The summed E-state index contributed by atoms with van der Waals surface area (Å²) in [6.07, 6.45) is 0. The summed E-state index contributed by atoms with van der Waals surface area (Å²) in [6, 6.07) is 17.0. The first-order valence-electron chi connectivity index (χ1n) is 9.26. The zero-order chi connectivity index (χ0) is 20.8. The van der Waals surface area contributed by atoms with Crippen LogP contribution in [0.25, 0.3) is 0 Å². The summed E-state index contributed by atoms with van der Waals surface area (Å²) in [5, 5.41) is 11.9. The molecule has 2 amide bonds. The van der Waals surface area contributed by atoms with Crippen molar-refractivity contribution in [1.82, 2.24) is 0 Å². The van der Waals surface area contributed by atoms with Gasteiger partial charge >= 0.3 is 6.03 Å². The van der Waals surface area contributed by atoms with Crippen molar-refractivity contribution in [3.8, 4) is 0 Å². The van der Waals surface area contributed by atoms with E-state index in [1.165, 1.54) is 58.3 Å². The summed E-state index contributed by atoms with van der Waals surface area (Å²) in [4.78, 5) is 16.1. The van der Waals surface area contributed by atoms with Crippen LogP contribution >= 0.6 is 0 Å². The van der Waals surface area contributed by atoms with Crippen molar-refractivity contribution in [2.75, 3.05) is 9.80 Å². The predicted molar refractivity (Wildman–Crippen MR) is 108 cm³/mol. The normalized spacial score (nSPS) is 21.7. The van der Waals surface area contributed by atoms with Gasteiger partial charge in [0, 0.05) is 16.9 Å². The maximum absolute atomic E-state index is 13.5. The van der Waals surface area contributed by atoms with Crippen molar-refractivity contribution in [3.63, 3.8) is 0 Å². The first-order chi connectivity index (χ1) is 13.8. The Morgan fingerprint density at radius 3 is 2.00 bits per heavy atom. The number of nitrogens with zero attached hydrogens (tertiary/aromatic N) is 2. The van der Waals surface area contributed by atoms with E-state index < -0.39 is 29.4 Å². The third-order valence-electron chi connectivity index (χ3n) is 5.34. The second kappa shape index (κ2) is 6.97. The van der Waals surface area contributed by atoms with Gasteiger partial charge in [-0.1, -0.05) is 29.8 Å². The quantitative estimate of drug-likeness (QED) is 0.683. The summed E-state index contributed by atoms with van der Waals surface area (Å²) < 4.78 is 26.9. The highest BCUT2D eigenvalue weighted by Gasteiger charge is 2.56. The maximum atomic E-state index is 13.5. The predicted octanol–water partition coefficient (Wildman–Crippen LogP) is 4.95. The zero-order valence-electron chi connectivity index (χ0n) is 16.0. The van der Waals surface area contributed by atoms with Crippen LogP contribution in [0, 0.1) is 18.6 Å². The number of benzene rings is 3. The average molecular weight is 394 g/mol. The van der Waals surface area contributed by atoms with E-state index in [4.69, 9.17) is 0 Å². The van der Waals surface area contributed by atoms with Crippen LogP contribution in [0.3, 0.4) is 0 Å². The summed E-state index contributed by atoms with van der Waals surface area (Å²) in [7, 11) is 0. The van der Waals surface area contributed by atoms with Crippen LogP contribution in [0.4, 0.5) is 25.0 Å². The van der Waals surface area contributed by atoms with E-state index >= 15 is 0 Å². The van der Waals surface area contributed by atoms with Crippen molar-refractivity contribution < 1.29 is 18.7 Å². The average Bonchev–Trinajstić information content (AvgIpc) is 2.90. The molecule has 148 valence electrons. The second-order valence-corrected chi connectivity index (χ2v) is 7.21. The molecular formula is C23H20F2N2O2. The van der Waals surface area contributed by atoms with Gasteiger partial charge in [0.2, 0.25) is 0 Å². The molecule has 0 saturated carbocycles. The molecule has 1 N–H and O–H groups in total. The van der Waals surface area contributed by atoms with E-state index in [-0.39, 0.29) is 0 Å².